The minimum absolute atomic E-state index is 0.272. The Morgan fingerprint density at radius 2 is 0.909 bits per heavy atom. The van der Waals surface area contributed by atoms with Gasteiger partial charge in [-0.25, -0.2) is 9.59 Å². The Morgan fingerprint density at radius 1 is 0.636 bits per heavy atom. The summed E-state index contributed by atoms with van der Waals surface area (Å²) in [7, 11) is 0. The van der Waals surface area contributed by atoms with Crippen LogP contribution in [0.1, 0.15) is 23.3 Å². The van der Waals surface area contributed by atoms with Crippen molar-refractivity contribution in [1.29, 1.82) is 0 Å². The maximum atomic E-state index is 10.7. The molecule has 2 aromatic rings. The van der Waals surface area contributed by atoms with Crippen LogP contribution in [-0.4, -0.2) is 32.4 Å². The zero-order valence-corrected chi connectivity index (χ0v) is 11.4. The lowest BCUT2D eigenvalue weighted by Crippen LogP contribution is -2.10. The van der Waals surface area contributed by atoms with E-state index in [1.807, 2.05) is 0 Å². The molecule has 0 aromatic heterocycles. The summed E-state index contributed by atoms with van der Waals surface area (Å²) in [6.45, 7) is 0. The summed E-state index contributed by atoms with van der Waals surface area (Å²) in [5, 5.41) is 36.3. The maximum Gasteiger partial charge on any atom is 0.337 e. The predicted molar refractivity (Wildman–Crippen MR) is 77.1 cm³/mol. The van der Waals surface area contributed by atoms with Crippen molar-refractivity contribution in [3.05, 3.63) is 59.7 Å². The number of aliphatic hydroxyl groups excluding tert-OH is 2. The average Bonchev–Trinajstić information content (AvgIpc) is 2.53. The van der Waals surface area contributed by atoms with Crippen LogP contribution in [0.2, 0.25) is 0 Å². The van der Waals surface area contributed by atoms with Crippen LogP contribution < -0.4 is 0 Å². The van der Waals surface area contributed by atoms with Crippen molar-refractivity contribution in [3.63, 3.8) is 0 Å². The fraction of sp³-hybridized carbons (Fsp3) is 0.125. The highest BCUT2D eigenvalue weighted by Crippen LogP contribution is 2.24. The van der Waals surface area contributed by atoms with Crippen molar-refractivity contribution in [2.45, 2.75) is 12.2 Å². The van der Waals surface area contributed by atoms with Gasteiger partial charge in [0.15, 0.2) is 12.2 Å². The fourth-order valence-electron chi connectivity index (χ4n) is 2.00. The Bertz CT molecular complexity index is 613. The number of carboxylic acid groups (broad SMARTS) is 2. The number of carbonyl (C=O) groups is 2. The summed E-state index contributed by atoms with van der Waals surface area (Å²) < 4.78 is 0. The number of carboxylic acids is 2. The highest BCUT2D eigenvalue weighted by Gasteiger charge is 2.16. The first-order valence-corrected chi connectivity index (χ1v) is 6.42. The molecule has 2 atom stereocenters. The third-order valence-corrected chi connectivity index (χ3v) is 3.25. The number of aliphatic carboxylic acids is 2. The van der Waals surface area contributed by atoms with Crippen molar-refractivity contribution >= 4 is 11.9 Å². The van der Waals surface area contributed by atoms with E-state index >= 15 is 0 Å². The molecule has 0 saturated carbocycles. The smallest absolute Gasteiger partial charge is 0.337 e. The zero-order chi connectivity index (χ0) is 16.3. The van der Waals surface area contributed by atoms with Crippen molar-refractivity contribution in [2.75, 3.05) is 0 Å². The third-order valence-electron chi connectivity index (χ3n) is 3.25. The number of hydrogen-bond acceptors (Lipinski definition) is 4. The summed E-state index contributed by atoms with van der Waals surface area (Å²) in [6.07, 6.45) is -3.13. The Balaban J connectivity index is 2.22. The second-order valence-corrected chi connectivity index (χ2v) is 4.73. The maximum absolute atomic E-state index is 10.7. The van der Waals surface area contributed by atoms with Gasteiger partial charge >= 0.3 is 11.9 Å². The van der Waals surface area contributed by atoms with Gasteiger partial charge < -0.3 is 20.4 Å². The number of aliphatic hydroxyl groups is 2. The van der Waals surface area contributed by atoms with Crippen LogP contribution in [-0.2, 0) is 9.59 Å². The first-order chi connectivity index (χ1) is 10.4. The van der Waals surface area contributed by atoms with E-state index in [4.69, 9.17) is 10.2 Å². The number of hydrogen-bond donors (Lipinski definition) is 4. The first-order valence-electron chi connectivity index (χ1n) is 6.42. The summed E-state index contributed by atoms with van der Waals surface area (Å²) in [4.78, 5) is 21.4. The van der Waals surface area contributed by atoms with Gasteiger partial charge in [-0.15, -0.1) is 0 Å². The number of benzene rings is 2. The molecule has 0 radical (unpaired) electrons. The molecule has 0 amide bonds. The monoisotopic (exact) mass is 302 g/mol. The molecule has 2 rings (SSSR count). The molecule has 22 heavy (non-hydrogen) atoms. The molecule has 0 aliphatic heterocycles. The molecule has 0 aliphatic rings. The fourth-order valence-corrected chi connectivity index (χ4v) is 2.00. The molecule has 2 unspecified atom stereocenters. The normalized spacial score (nSPS) is 13.4. The Kier molecular flexibility index (Phi) is 4.55. The first kappa shape index (κ1) is 15.7. The minimum atomic E-state index is -1.57. The summed E-state index contributed by atoms with van der Waals surface area (Å²) >= 11 is 0. The molecule has 0 aliphatic carbocycles. The Morgan fingerprint density at radius 3 is 1.14 bits per heavy atom. The van der Waals surface area contributed by atoms with Gasteiger partial charge in [-0.3, -0.25) is 0 Å². The largest absolute Gasteiger partial charge is 0.479 e. The highest BCUT2D eigenvalue weighted by molar-refractivity contribution is 5.75. The molecule has 6 heteroatoms. The molecule has 0 spiro atoms. The highest BCUT2D eigenvalue weighted by atomic mass is 16.4. The van der Waals surface area contributed by atoms with E-state index < -0.39 is 24.1 Å². The minimum Gasteiger partial charge on any atom is -0.479 e. The molecule has 0 heterocycles. The van der Waals surface area contributed by atoms with E-state index in [2.05, 4.69) is 0 Å². The van der Waals surface area contributed by atoms with Crippen molar-refractivity contribution < 1.29 is 30.0 Å². The Hall–Kier alpha value is -2.70. The molecule has 2 aromatic carbocycles. The van der Waals surface area contributed by atoms with Crippen molar-refractivity contribution in [3.8, 4) is 11.1 Å². The predicted octanol–water partition coefficient (Wildman–Crippen LogP) is 1.59. The van der Waals surface area contributed by atoms with Crippen LogP contribution in [0.25, 0.3) is 11.1 Å². The van der Waals surface area contributed by atoms with Crippen LogP contribution in [0.4, 0.5) is 0 Å². The molecule has 0 saturated heterocycles. The molecule has 0 fully saturated rings. The van der Waals surface area contributed by atoms with Crippen molar-refractivity contribution in [2.24, 2.45) is 0 Å². The third kappa shape index (κ3) is 3.30. The van der Waals surface area contributed by atoms with E-state index in [1.165, 1.54) is 24.3 Å². The second-order valence-electron chi connectivity index (χ2n) is 4.73. The van der Waals surface area contributed by atoms with Gasteiger partial charge in [0.1, 0.15) is 0 Å². The molecular formula is C16H14O6. The van der Waals surface area contributed by atoms with Gasteiger partial charge in [-0.05, 0) is 22.3 Å². The van der Waals surface area contributed by atoms with Gasteiger partial charge in [-0.1, -0.05) is 48.5 Å². The van der Waals surface area contributed by atoms with E-state index in [0.717, 1.165) is 11.1 Å². The quantitative estimate of drug-likeness (QED) is 0.666. The number of rotatable bonds is 5. The lowest BCUT2D eigenvalue weighted by molar-refractivity contribution is -0.147. The van der Waals surface area contributed by atoms with Crippen LogP contribution in [0.3, 0.4) is 0 Å². The SMILES string of the molecule is O=C(O)C(O)c1ccc(-c2ccc(C(O)C(=O)O)cc2)cc1. The van der Waals surface area contributed by atoms with Crippen LogP contribution in [0, 0.1) is 0 Å². The van der Waals surface area contributed by atoms with Gasteiger partial charge in [-0.2, -0.15) is 0 Å². The van der Waals surface area contributed by atoms with E-state index in [0.29, 0.717) is 0 Å². The van der Waals surface area contributed by atoms with E-state index in [-0.39, 0.29) is 11.1 Å². The van der Waals surface area contributed by atoms with E-state index in [1.54, 1.807) is 24.3 Å². The van der Waals surface area contributed by atoms with Crippen LogP contribution in [0.5, 0.6) is 0 Å². The molecule has 4 N–H and O–H groups in total. The molecule has 6 nitrogen and oxygen atoms in total. The molecule has 114 valence electrons. The van der Waals surface area contributed by atoms with Gasteiger partial charge in [0.2, 0.25) is 0 Å². The van der Waals surface area contributed by atoms with Gasteiger partial charge in [0, 0.05) is 0 Å². The Labute approximate surface area is 125 Å². The van der Waals surface area contributed by atoms with Crippen molar-refractivity contribution in [1.82, 2.24) is 0 Å². The van der Waals surface area contributed by atoms with Crippen LogP contribution in [0.15, 0.2) is 48.5 Å². The lowest BCUT2D eigenvalue weighted by Gasteiger charge is -2.09. The standard InChI is InChI=1S/C16H14O6/c17-13(15(19)20)11-5-1-9(2-6-11)10-3-7-12(8-4-10)14(18)16(21)22/h1-8,13-14,17-18H,(H,19,20)(H,21,22). The van der Waals surface area contributed by atoms with Crippen LogP contribution >= 0.6 is 0 Å². The summed E-state index contributed by atoms with van der Waals surface area (Å²) in [5.74, 6) is -2.64. The zero-order valence-electron chi connectivity index (χ0n) is 11.4. The second kappa shape index (κ2) is 6.38. The summed E-state index contributed by atoms with van der Waals surface area (Å²) in [5.41, 5.74) is 2.10. The van der Waals surface area contributed by atoms with Gasteiger partial charge in [0.25, 0.3) is 0 Å². The molecule has 0 bridgehead atoms. The average molecular weight is 302 g/mol. The van der Waals surface area contributed by atoms with Gasteiger partial charge in [0.05, 0.1) is 0 Å². The lowest BCUT2D eigenvalue weighted by atomic mass is 9.99. The topological polar surface area (TPSA) is 115 Å². The molecular weight excluding hydrogens is 288 g/mol. The van der Waals surface area contributed by atoms with E-state index in [9.17, 15) is 19.8 Å². The summed E-state index contributed by atoms with van der Waals surface area (Å²) in [6, 6.07) is 12.7.